The molecule has 0 spiro atoms. The predicted molar refractivity (Wildman–Crippen MR) is 98.0 cm³/mol. The third-order valence-corrected chi connectivity index (χ3v) is 3.94. The van der Waals surface area contributed by atoms with Crippen LogP contribution in [0.2, 0.25) is 0 Å². The van der Waals surface area contributed by atoms with Crippen molar-refractivity contribution in [2.75, 3.05) is 19.5 Å². The summed E-state index contributed by atoms with van der Waals surface area (Å²) < 4.78 is 5.24. The van der Waals surface area contributed by atoms with Crippen LogP contribution in [0.4, 0.5) is 10.5 Å². The number of fused-ring (bicyclic) bond motifs is 1. The highest BCUT2D eigenvalue weighted by Crippen LogP contribution is 2.23. The molecule has 0 aliphatic heterocycles. The lowest BCUT2D eigenvalue weighted by atomic mass is 10.1. The normalized spacial score (nSPS) is 10.5. The van der Waals surface area contributed by atoms with Crippen molar-refractivity contribution < 1.29 is 9.53 Å². The molecule has 0 fully saturated rings. The SMILES string of the molecule is COc1ccccc1NC(=O)N(C)Cc1cc(=O)[nH]c2ccccc12. The average Bonchev–Trinajstić information content (AvgIpc) is 2.62. The van der Waals surface area contributed by atoms with Crippen LogP contribution in [-0.4, -0.2) is 30.1 Å². The summed E-state index contributed by atoms with van der Waals surface area (Å²) in [5, 5.41) is 3.74. The first-order valence-corrected chi connectivity index (χ1v) is 7.84. The third kappa shape index (κ3) is 3.63. The molecule has 1 heterocycles. The number of pyridine rings is 1. The smallest absolute Gasteiger partial charge is 0.321 e. The summed E-state index contributed by atoms with van der Waals surface area (Å²) in [5.74, 6) is 0.589. The molecule has 0 saturated carbocycles. The first-order chi connectivity index (χ1) is 12.1. The number of carbonyl (C=O) groups excluding carboxylic acids is 1. The van der Waals surface area contributed by atoms with Gasteiger partial charge in [-0.05, 0) is 23.8 Å². The van der Waals surface area contributed by atoms with E-state index in [4.69, 9.17) is 4.74 Å². The molecule has 0 aliphatic rings. The zero-order valence-electron chi connectivity index (χ0n) is 14.1. The highest BCUT2D eigenvalue weighted by molar-refractivity contribution is 5.91. The second-order valence-corrected chi connectivity index (χ2v) is 5.69. The minimum atomic E-state index is -0.283. The van der Waals surface area contributed by atoms with Gasteiger partial charge in [-0.15, -0.1) is 0 Å². The first-order valence-electron chi connectivity index (χ1n) is 7.84. The molecule has 25 heavy (non-hydrogen) atoms. The van der Waals surface area contributed by atoms with Gasteiger partial charge in [0, 0.05) is 30.6 Å². The zero-order chi connectivity index (χ0) is 17.8. The lowest BCUT2D eigenvalue weighted by Crippen LogP contribution is -2.31. The summed E-state index contributed by atoms with van der Waals surface area (Å²) in [7, 11) is 3.23. The molecule has 1 aromatic heterocycles. The highest BCUT2D eigenvalue weighted by Gasteiger charge is 2.13. The van der Waals surface area contributed by atoms with Crippen LogP contribution < -0.4 is 15.6 Å². The van der Waals surface area contributed by atoms with E-state index in [1.165, 1.54) is 11.0 Å². The van der Waals surface area contributed by atoms with Crippen molar-refractivity contribution in [3.63, 3.8) is 0 Å². The Morgan fingerprint density at radius 2 is 1.88 bits per heavy atom. The van der Waals surface area contributed by atoms with Gasteiger partial charge in [0.2, 0.25) is 5.56 Å². The van der Waals surface area contributed by atoms with Crippen LogP contribution in [0.1, 0.15) is 5.56 Å². The van der Waals surface area contributed by atoms with Gasteiger partial charge in [-0.2, -0.15) is 0 Å². The number of para-hydroxylation sites is 3. The average molecular weight is 337 g/mol. The first kappa shape index (κ1) is 16.6. The minimum absolute atomic E-state index is 0.188. The van der Waals surface area contributed by atoms with Gasteiger partial charge in [0.25, 0.3) is 0 Å². The fraction of sp³-hybridized carbons (Fsp3) is 0.158. The van der Waals surface area contributed by atoms with Crippen LogP contribution in [0.5, 0.6) is 5.75 Å². The van der Waals surface area contributed by atoms with E-state index in [-0.39, 0.29) is 11.6 Å². The van der Waals surface area contributed by atoms with Crippen molar-refractivity contribution in [2.45, 2.75) is 6.54 Å². The molecule has 2 aromatic carbocycles. The van der Waals surface area contributed by atoms with Crippen LogP contribution in [0.15, 0.2) is 59.4 Å². The Morgan fingerprint density at radius 3 is 2.68 bits per heavy atom. The molecule has 2 amide bonds. The molecule has 0 atom stereocenters. The van der Waals surface area contributed by atoms with E-state index in [9.17, 15) is 9.59 Å². The monoisotopic (exact) mass is 337 g/mol. The molecule has 6 heteroatoms. The van der Waals surface area contributed by atoms with E-state index in [1.54, 1.807) is 26.3 Å². The van der Waals surface area contributed by atoms with E-state index < -0.39 is 0 Å². The molecule has 3 aromatic rings. The number of benzene rings is 2. The maximum absolute atomic E-state index is 12.5. The van der Waals surface area contributed by atoms with Gasteiger partial charge in [-0.1, -0.05) is 30.3 Å². The summed E-state index contributed by atoms with van der Waals surface area (Å²) in [4.78, 5) is 28.6. The molecule has 0 saturated heterocycles. The molecule has 6 nitrogen and oxygen atoms in total. The Bertz CT molecular complexity index is 965. The van der Waals surface area contributed by atoms with Crippen molar-refractivity contribution in [1.82, 2.24) is 9.88 Å². The van der Waals surface area contributed by atoms with E-state index in [0.717, 1.165) is 16.5 Å². The number of urea groups is 1. The maximum atomic E-state index is 12.5. The summed E-state index contributed by atoms with van der Waals surface area (Å²) in [6, 6.07) is 16.0. The van der Waals surface area contributed by atoms with Gasteiger partial charge >= 0.3 is 6.03 Å². The molecule has 3 rings (SSSR count). The van der Waals surface area contributed by atoms with Crippen molar-refractivity contribution in [2.24, 2.45) is 0 Å². The number of hydrogen-bond donors (Lipinski definition) is 2. The van der Waals surface area contributed by atoms with Gasteiger partial charge in [0.15, 0.2) is 0 Å². The summed E-state index contributed by atoms with van der Waals surface area (Å²) in [6.07, 6.45) is 0. The van der Waals surface area contributed by atoms with Crippen LogP contribution in [-0.2, 0) is 6.54 Å². The van der Waals surface area contributed by atoms with E-state index in [1.807, 2.05) is 36.4 Å². The largest absolute Gasteiger partial charge is 0.495 e. The Labute approximate surface area is 145 Å². The van der Waals surface area contributed by atoms with Gasteiger partial charge < -0.3 is 19.9 Å². The molecular formula is C19H19N3O3. The molecule has 0 unspecified atom stereocenters. The summed E-state index contributed by atoms with van der Waals surface area (Å²) in [5.41, 5.74) is 1.95. The highest BCUT2D eigenvalue weighted by atomic mass is 16.5. The number of hydrogen-bond acceptors (Lipinski definition) is 3. The van der Waals surface area contributed by atoms with Crippen molar-refractivity contribution in [3.05, 3.63) is 70.5 Å². The molecule has 0 radical (unpaired) electrons. The summed E-state index contributed by atoms with van der Waals surface area (Å²) >= 11 is 0. The number of amides is 2. The fourth-order valence-corrected chi connectivity index (χ4v) is 2.69. The van der Waals surface area contributed by atoms with E-state index in [2.05, 4.69) is 10.3 Å². The fourth-order valence-electron chi connectivity index (χ4n) is 2.69. The number of carbonyl (C=O) groups is 1. The number of anilines is 1. The molecule has 0 aliphatic carbocycles. The quantitative estimate of drug-likeness (QED) is 0.768. The number of rotatable bonds is 4. The zero-order valence-corrected chi connectivity index (χ0v) is 14.1. The number of nitrogens with one attached hydrogen (secondary N) is 2. The minimum Gasteiger partial charge on any atom is -0.495 e. The molecule has 128 valence electrons. The third-order valence-electron chi connectivity index (χ3n) is 3.94. The summed E-state index contributed by atoms with van der Waals surface area (Å²) in [6.45, 7) is 0.311. The van der Waals surface area contributed by atoms with Gasteiger partial charge in [0.1, 0.15) is 5.75 Å². The van der Waals surface area contributed by atoms with Crippen molar-refractivity contribution in [1.29, 1.82) is 0 Å². The number of aromatic nitrogens is 1. The second-order valence-electron chi connectivity index (χ2n) is 5.69. The molecular weight excluding hydrogens is 318 g/mol. The topological polar surface area (TPSA) is 74.4 Å². The number of H-pyrrole nitrogens is 1. The maximum Gasteiger partial charge on any atom is 0.321 e. The number of methoxy groups -OCH3 is 1. The van der Waals surface area contributed by atoms with Crippen LogP contribution in [0.25, 0.3) is 10.9 Å². The van der Waals surface area contributed by atoms with Gasteiger partial charge in [-0.25, -0.2) is 4.79 Å². The number of aromatic amines is 1. The molecule has 2 N–H and O–H groups in total. The van der Waals surface area contributed by atoms with Gasteiger partial charge in [0.05, 0.1) is 12.8 Å². The van der Waals surface area contributed by atoms with Crippen molar-refractivity contribution >= 4 is 22.6 Å². The van der Waals surface area contributed by atoms with Crippen molar-refractivity contribution in [3.8, 4) is 5.75 Å². The number of nitrogens with zero attached hydrogens (tertiary/aromatic N) is 1. The second kappa shape index (κ2) is 7.09. The molecule has 0 bridgehead atoms. The Kier molecular flexibility index (Phi) is 4.70. The van der Waals surface area contributed by atoms with E-state index in [0.29, 0.717) is 18.0 Å². The predicted octanol–water partition coefficient (Wildman–Crippen LogP) is 3.20. The van der Waals surface area contributed by atoms with Crippen LogP contribution >= 0.6 is 0 Å². The standard InChI is InChI=1S/C19H19N3O3/c1-22(19(24)21-16-9-5-6-10-17(16)25-2)12-13-11-18(23)20-15-8-4-3-7-14(13)15/h3-11H,12H2,1-2H3,(H,20,23)(H,21,24). The van der Waals surface area contributed by atoms with Crippen LogP contribution in [0.3, 0.4) is 0 Å². The Balaban J connectivity index is 1.81. The Morgan fingerprint density at radius 1 is 1.16 bits per heavy atom. The lowest BCUT2D eigenvalue weighted by molar-refractivity contribution is 0.220. The number of ether oxygens (including phenoxy) is 1. The van der Waals surface area contributed by atoms with E-state index >= 15 is 0 Å². The Hall–Kier alpha value is -3.28. The lowest BCUT2D eigenvalue weighted by Gasteiger charge is -2.19. The van der Waals surface area contributed by atoms with Gasteiger partial charge in [-0.3, -0.25) is 4.79 Å². The van der Waals surface area contributed by atoms with Crippen LogP contribution in [0, 0.1) is 0 Å².